The summed E-state index contributed by atoms with van der Waals surface area (Å²) in [5, 5.41) is 18.7. The Morgan fingerprint density at radius 3 is 2.47 bits per heavy atom. The van der Waals surface area contributed by atoms with Crippen LogP contribution in [0.15, 0.2) is 24.5 Å². The lowest BCUT2D eigenvalue weighted by Gasteiger charge is -2.35. The Balaban J connectivity index is 1.90. The van der Waals surface area contributed by atoms with E-state index in [-0.39, 0.29) is 12.8 Å². The normalized spacial score (nSPS) is 20.1. The van der Waals surface area contributed by atoms with Crippen LogP contribution in [0.4, 0.5) is 0 Å². The molecule has 5 nitrogen and oxygen atoms in total. The van der Waals surface area contributed by atoms with E-state index in [0.717, 1.165) is 12.1 Å². The fourth-order valence-electron chi connectivity index (χ4n) is 2.04. The van der Waals surface area contributed by atoms with Gasteiger partial charge in [0.2, 0.25) is 0 Å². The van der Waals surface area contributed by atoms with E-state index in [1.54, 1.807) is 12.4 Å². The van der Waals surface area contributed by atoms with Gasteiger partial charge in [0.25, 0.3) is 0 Å². The minimum Gasteiger partial charge on any atom is -0.479 e. The van der Waals surface area contributed by atoms with Crippen LogP contribution in [-0.4, -0.2) is 44.8 Å². The molecule has 92 valence electrons. The maximum Gasteiger partial charge on any atom is 0.335 e. The van der Waals surface area contributed by atoms with E-state index in [1.807, 2.05) is 12.1 Å². The number of hydrogen-bond acceptors (Lipinski definition) is 4. The first kappa shape index (κ1) is 12.0. The van der Waals surface area contributed by atoms with Gasteiger partial charge < -0.3 is 10.2 Å². The number of piperidine rings is 1. The van der Waals surface area contributed by atoms with Crippen LogP contribution in [0.3, 0.4) is 0 Å². The molecule has 0 aromatic carbocycles. The van der Waals surface area contributed by atoms with E-state index >= 15 is 0 Å². The largest absolute Gasteiger partial charge is 0.479 e. The minimum absolute atomic E-state index is 0.285. The zero-order valence-electron chi connectivity index (χ0n) is 9.54. The Morgan fingerprint density at radius 1 is 1.35 bits per heavy atom. The number of rotatable bonds is 3. The lowest BCUT2D eigenvalue weighted by Crippen LogP contribution is -2.49. The minimum atomic E-state index is -1.53. The smallest absolute Gasteiger partial charge is 0.335 e. The molecule has 0 spiro atoms. The third kappa shape index (κ3) is 2.81. The highest BCUT2D eigenvalue weighted by atomic mass is 16.4. The van der Waals surface area contributed by atoms with Gasteiger partial charge in [-0.3, -0.25) is 9.88 Å². The maximum absolute atomic E-state index is 10.9. The molecule has 1 aliphatic heterocycles. The number of nitrogens with zero attached hydrogens (tertiary/aromatic N) is 2. The molecule has 0 unspecified atom stereocenters. The van der Waals surface area contributed by atoms with Crippen molar-refractivity contribution in [2.45, 2.75) is 25.0 Å². The summed E-state index contributed by atoms with van der Waals surface area (Å²) >= 11 is 0. The molecule has 0 atom stereocenters. The molecule has 2 heterocycles. The average molecular weight is 236 g/mol. The molecular weight excluding hydrogens is 220 g/mol. The summed E-state index contributed by atoms with van der Waals surface area (Å²) in [5.74, 6) is -1.11. The molecular formula is C12H16N2O3. The summed E-state index contributed by atoms with van der Waals surface area (Å²) < 4.78 is 0. The SMILES string of the molecule is O=C(O)C1(O)CCN(Cc2ccncc2)CC1. The van der Waals surface area contributed by atoms with E-state index in [0.29, 0.717) is 13.1 Å². The van der Waals surface area contributed by atoms with Gasteiger partial charge in [-0.25, -0.2) is 4.79 Å². The second kappa shape index (κ2) is 4.81. The van der Waals surface area contributed by atoms with Gasteiger partial charge in [-0.05, 0) is 30.5 Å². The summed E-state index contributed by atoms with van der Waals surface area (Å²) in [6.45, 7) is 1.98. The maximum atomic E-state index is 10.9. The van der Waals surface area contributed by atoms with E-state index in [4.69, 9.17) is 5.11 Å². The first-order valence-corrected chi connectivity index (χ1v) is 5.67. The molecule has 5 heteroatoms. The number of hydrogen-bond donors (Lipinski definition) is 2. The van der Waals surface area contributed by atoms with Gasteiger partial charge in [0.05, 0.1) is 0 Å². The van der Waals surface area contributed by atoms with Crippen molar-refractivity contribution < 1.29 is 15.0 Å². The van der Waals surface area contributed by atoms with E-state index in [1.165, 1.54) is 0 Å². The monoisotopic (exact) mass is 236 g/mol. The van der Waals surface area contributed by atoms with Crippen LogP contribution in [0.5, 0.6) is 0 Å². The Labute approximate surface area is 99.7 Å². The Morgan fingerprint density at radius 2 is 1.94 bits per heavy atom. The van der Waals surface area contributed by atoms with Crippen LogP contribution >= 0.6 is 0 Å². The summed E-state index contributed by atoms with van der Waals surface area (Å²) in [7, 11) is 0. The van der Waals surface area contributed by atoms with Crippen LogP contribution in [0, 0.1) is 0 Å². The van der Waals surface area contributed by atoms with Crippen molar-refractivity contribution in [3.8, 4) is 0 Å². The van der Waals surface area contributed by atoms with Crippen LogP contribution < -0.4 is 0 Å². The number of aromatic nitrogens is 1. The molecule has 0 radical (unpaired) electrons. The van der Waals surface area contributed by atoms with Gasteiger partial charge in [-0.15, -0.1) is 0 Å². The first-order chi connectivity index (χ1) is 8.10. The van der Waals surface area contributed by atoms with E-state index in [9.17, 15) is 9.90 Å². The molecule has 0 bridgehead atoms. The number of carbonyl (C=O) groups is 1. The highest BCUT2D eigenvalue weighted by Crippen LogP contribution is 2.23. The topological polar surface area (TPSA) is 73.7 Å². The van der Waals surface area contributed by atoms with Crippen molar-refractivity contribution in [3.63, 3.8) is 0 Å². The quantitative estimate of drug-likeness (QED) is 0.799. The first-order valence-electron chi connectivity index (χ1n) is 5.67. The molecule has 1 saturated heterocycles. The highest BCUT2D eigenvalue weighted by molar-refractivity contribution is 5.77. The molecule has 17 heavy (non-hydrogen) atoms. The molecule has 0 amide bonds. The predicted octanol–water partition coefficient (Wildman–Crippen LogP) is 0.493. The molecule has 1 aliphatic rings. The van der Waals surface area contributed by atoms with Crippen molar-refractivity contribution in [3.05, 3.63) is 30.1 Å². The zero-order valence-corrected chi connectivity index (χ0v) is 9.54. The molecule has 2 N–H and O–H groups in total. The average Bonchev–Trinajstić information content (AvgIpc) is 2.33. The van der Waals surface area contributed by atoms with Gasteiger partial charge in [0.1, 0.15) is 0 Å². The summed E-state index contributed by atoms with van der Waals surface area (Å²) in [6.07, 6.45) is 4.06. The number of carboxylic acids is 1. The number of likely N-dealkylation sites (tertiary alicyclic amines) is 1. The van der Waals surface area contributed by atoms with Crippen molar-refractivity contribution >= 4 is 5.97 Å². The number of pyridine rings is 1. The van der Waals surface area contributed by atoms with Gasteiger partial charge in [-0.1, -0.05) is 0 Å². The number of aliphatic hydroxyl groups is 1. The van der Waals surface area contributed by atoms with Crippen LogP contribution in [0.1, 0.15) is 18.4 Å². The lowest BCUT2D eigenvalue weighted by molar-refractivity contribution is -0.163. The highest BCUT2D eigenvalue weighted by Gasteiger charge is 2.39. The molecule has 1 fully saturated rings. The van der Waals surface area contributed by atoms with E-state index in [2.05, 4.69) is 9.88 Å². The zero-order chi connectivity index (χ0) is 12.3. The standard InChI is InChI=1S/C12H16N2O3/c15-11(16)12(17)3-7-14(8-4-12)9-10-1-5-13-6-2-10/h1-2,5-6,17H,3-4,7-9H2,(H,15,16). The number of aliphatic carboxylic acids is 1. The van der Waals surface area contributed by atoms with Gasteiger partial charge in [0, 0.05) is 32.0 Å². The fourth-order valence-corrected chi connectivity index (χ4v) is 2.04. The summed E-state index contributed by atoms with van der Waals surface area (Å²) in [4.78, 5) is 17.0. The van der Waals surface area contributed by atoms with Crippen molar-refractivity contribution in [1.29, 1.82) is 0 Å². The Bertz CT molecular complexity index is 386. The van der Waals surface area contributed by atoms with Crippen molar-refractivity contribution in [2.75, 3.05) is 13.1 Å². The van der Waals surface area contributed by atoms with Crippen LogP contribution in [-0.2, 0) is 11.3 Å². The molecule has 1 aromatic rings. The third-order valence-electron chi connectivity index (χ3n) is 3.24. The summed E-state index contributed by atoms with van der Waals surface area (Å²) in [5.41, 5.74) is -0.380. The molecule has 2 rings (SSSR count). The second-order valence-electron chi connectivity index (χ2n) is 4.47. The van der Waals surface area contributed by atoms with Crippen LogP contribution in [0.25, 0.3) is 0 Å². The Hall–Kier alpha value is -1.46. The predicted molar refractivity (Wildman–Crippen MR) is 61.3 cm³/mol. The van der Waals surface area contributed by atoms with Crippen LogP contribution in [0.2, 0.25) is 0 Å². The second-order valence-corrected chi connectivity index (χ2v) is 4.47. The molecule has 1 aromatic heterocycles. The number of carboxylic acid groups (broad SMARTS) is 1. The third-order valence-corrected chi connectivity index (χ3v) is 3.24. The molecule has 0 saturated carbocycles. The fraction of sp³-hybridized carbons (Fsp3) is 0.500. The van der Waals surface area contributed by atoms with Gasteiger partial charge in [-0.2, -0.15) is 0 Å². The van der Waals surface area contributed by atoms with Crippen molar-refractivity contribution in [1.82, 2.24) is 9.88 Å². The van der Waals surface area contributed by atoms with Crippen molar-refractivity contribution in [2.24, 2.45) is 0 Å². The van der Waals surface area contributed by atoms with E-state index < -0.39 is 11.6 Å². The molecule has 0 aliphatic carbocycles. The Kier molecular flexibility index (Phi) is 3.40. The van der Waals surface area contributed by atoms with Gasteiger partial charge in [0.15, 0.2) is 5.60 Å². The summed E-state index contributed by atoms with van der Waals surface area (Å²) in [6, 6.07) is 3.88. The lowest BCUT2D eigenvalue weighted by atomic mass is 9.91. The van der Waals surface area contributed by atoms with Gasteiger partial charge >= 0.3 is 5.97 Å².